The number of hydrogen-bond donors (Lipinski definition) is 2. The van der Waals surface area contributed by atoms with Crippen molar-refractivity contribution in [2.45, 2.75) is 65.8 Å². The molecule has 2 aromatic rings. The number of pyridine rings is 1. The fraction of sp³-hybridized carbons (Fsp3) is 0.577. The van der Waals surface area contributed by atoms with Gasteiger partial charge in [0.1, 0.15) is 17.3 Å². The standard InChI is InChI=1S/C26H36N6O3/c1-15(2)22-23(27-12-18-7-8-18)28-13-19(30-22)24(33)32-10-9-31(14-26(32,5)6)20-11-16(3)21(25(34)35)17(4)29-20/h11,13,15,18H,7-10,12,14H2,1-6H3,(H,27,28)(H,34,35). The quantitative estimate of drug-likeness (QED) is 0.614. The van der Waals surface area contributed by atoms with Gasteiger partial charge in [-0.15, -0.1) is 0 Å². The Morgan fingerprint density at radius 1 is 1.20 bits per heavy atom. The molecule has 3 heterocycles. The van der Waals surface area contributed by atoms with Crippen molar-refractivity contribution in [3.8, 4) is 0 Å². The second kappa shape index (κ2) is 9.43. The number of aryl methyl sites for hydroxylation is 2. The van der Waals surface area contributed by atoms with E-state index in [1.165, 1.54) is 12.8 Å². The third-order valence-corrected chi connectivity index (χ3v) is 6.89. The summed E-state index contributed by atoms with van der Waals surface area (Å²) in [7, 11) is 0. The van der Waals surface area contributed by atoms with Crippen LogP contribution in [0.15, 0.2) is 12.3 Å². The lowest BCUT2D eigenvalue weighted by atomic mass is 9.97. The van der Waals surface area contributed by atoms with Crippen molar-refractivity contribution in [1.82, 2.24) is 19.9 Å². The van der Waals surface area contributed by atoms with E-state index in [0.717, 1.165) is 29.8 Å². The summed E-state index contributed by atoms with van der Waals surface area (Å²) < 4.78 is 0. The molecule has 1 aliphatic carbocycles. The first kappa shape index (κ1) is 24.9. The largest absolute Gasteiger partial charge is 0.478 e. The number of rotatable bonds is 7. The smallest absolute Gasteiger partial charge is 0.337 e. The maximum atomic E-state index is 13.6. The van der Waals surface area contributed by atoms with Crippen LogP contribution in [0.1, 0.15) is 84.3 Å². The molecule has 2 N–H and O–H groups in total. The molecule has 2 aromatic heterocycles. The van der Waals surface area contributed by atoms with Crippen molar-refractivity contribution in [3.63, 3.8) is 0 Å². The average molecular weight is 481 g/mol. The zero-order chi connectivity index (χ0) is 25.5. The molecular weight excluding hydrogens is 444 g/mol. The fourth-order valence-corrected chi connectivity index (χ4v) is 4.77. The van der Waals surface area contributed by atoms with Crippen LogP contribution in [-0.2, 0) is 0 Å². The number of anilines is 2. The van der Waals surface area contributed by atoms with Gasteiger partial charge in [0.2, 0.25) is 0 Å². The van der Waals surface area contributed by atoms with Crippen LogP contribution in [0.2, 0.25) is 0 Å². The van der Waals surface area contributed by atoms with Gasteiger partial charge in [-0.3, -0.25) is 4.79 Å². The van der Waals surface area contributed by atoms with E-state index in [9.17, 15) is 14.7 Å². The molecule has 1 saturated carbocycles. The van der Waals surface area contributed by atoms with Gasteiger partial charge in [-0.1, -0.05) is 13.8 Å². The highest BCUT2D eigenvalue weighted by atomic mass is 16.4. The molecule has 9 nitrogen and oxygen atoms in total. The first-order valence-corrected chi connectivity index (χ1v) is 12.4. The van der Waals surface area contributed by atoms with Gasteiger partial charge in [-0.05, 0) is 64.0 Å². The van der Waals surface area contributed by atoms with E-state index < -0.39 is 11.5 Å². The lowest BCUT2D eigenvalue weighted by Crippen LogP contribution is -2.61. The van der Waals surface area contributed by atoms with E-state index >= 15 is 0 Å². The van der Waals surface area contributed by atoms with Gasteiger partial charge in [0.25, 0.3) is 5.91 Å². The Hall–Kier alpha value is -3.23. The summed E-state index contributed by atoms with van der Waals surface area (Å²) in [6.07, 6.45) is 4.10. The van der Waals surface area contributed by atoms with Gasteiger partial charge in [-0.25, -0.2) is 19.7 Å². The van der Waals surface area contributed by atoms with E-state index in [1.54, 1.807) is 20.0 Å². The minimum atomic E-state index is -0.967. The molecule has 1 aliphatic heterocycles. The minimum Gasteiger partial charge on any atom is -0.478 e. The Labute approximate surface area is 207 Å². The number of nitrogens with zero attached hydrogens (tertiary/aromatic N) is 5. The van der Waals surface area contributed by atoms with Crippen molar-refractivity contribution >= 4 is 23.5 Å². The van der Waals surface area contributed by atoms with Gasteiger partial charge in [0.15, 0.2) is 0 Å². The van der Waals surface area contributed by atoms with Crippen LogP contribution in [0.3, 0.4) is 0 Å². The van der Waals surface area contributed by atoms with E-state index in [-0.39, 0.29) is 17.4 Å². The SMILES string of the molecule is Cc1cc(N2CCN(C(=O)c3cnc(NCC4CC4)c(C(C)C)n3)C(C)(C)C2)nc(C)c1C(=O)O. The van der Waals surface area contributed by atoms with Crippen LogP contribution in [0.5, 0.6) is 0 Å². The molecular formula is C26H36N6O3. The number of nitrogens with one attached hydrogen (secondary N) is 1. The van der Waals surface area contributed by atoms with Gasteiger partial charge in [0, 0.05) is 26.2 Å². The summed E-state index contributed by atoms with van der Waals surface area (Å²) >= 11 is 0. The Balaban J connectivity index is 1.52. The molecule has 2 fully saturated rings. The monoisotopic (exact) mass is 480 g/mol. The average Bonchev–Trinajstić information content (AvgIpc) is 3.60. The fourth-order valence-electron chi connectivity index (χ4n) is 4.77. The third kappa shape index (κ3) is 5.23. The Morgan fingerprint density at radius 3 is 2.49 bits per heavy atom. The van der Waals surface area contributed by atoms with Crippen molar-refractivity contribution < 1.29 is 14.7 Å². The van der Waals surface area contributed by atoms with Gasteiger partial charge in [0.05, 0.1) is 28.7 Å². The molecule has 0 unspecified atom stereocenters. The number of hydrogen-bond acceptors (Lipinski definition) is 7. The molecule has 1 saturated heterocycles. The number of amides is 1. The number of carbonyl (C=O) groups excluding carboxylic acids is 1. The molecule has 4 rings (SSSR count). The van der Waals surface area contributed by atoms with E-state index in [1.807, 2.05) is 24.8 Å². The molecule has 1 amide bonds. The summed E-state index contributed by atoms with van der Waals surface area (Å²) in [4.78, 5) is 42.9. The van der Waals surface area contributed by atoms with E-state index in [2.05, 4.69) is 34.0 Å². The molecule has 9 heteroatoms. The summed E-state index contributed by atoms with van der Waals surface area (Å²) in [5.74, 6) is 1.28. The molecule has 188 valence electrons. The molecule has 0 aromatic carbocycles. The van der Waals surface area contributed by atoms with Crippen LogP contribution in [0.25, 0.3) is 0 Å². The van der Waals surface area contributed by atoms with Crippen LogP contribution < -0.4 is 10.2 Å². The Bertz CT molecular complexity index is 1120. The number of carboxylic acids is 1. The number of aromatic nitrogens is 3. The highest BCUT2D eigenvalue weighted by Crippen LogP contribution is 2.31. The molecule has 0 radical (unpaired) electrons. The number of carboxylic acid groups (broad SMARTS) is 1. The van der Waals surface area contributed by atoms with Crippen LogP contribution in [0.4, 0.5) is 11.6 Å². The van der Waals surface area contributed by atoms with Crippen molar-refractivity contribution in [3.05, 3.63) is 40.5 Å². The van der Waals surface area contributed by atoms with Gasteiger partial charge in [-0.2, -0.15) is 0 Å². The predicted molar refractivity (Wildman–Crippen MR) is 135 cm³/mol. The van der Waals surface area contributed by atoms with Gasteiger partial charge >= 0.3 is 5.97 Å². The van der Waals surface area contributed by atoms with Crippen molar-refractivity contribution in [1.29, 1.82) is 0 Å². The van der Waals surface area contributed by atoms with Gasteiger partial charge < -0.3 is 20.2 Å². The topological polar surface area (TPSA) is 112 Å². The molecule has 2 aliphatic rings. The van der Waals surface area contributed by atoms with Crippen LogP contribution in [-0.4, -0.2) is 68.6 Å². The lowest BCUT2D eigenvalue weighted by molar-refractivity contribution is 0.0506. The Kier molecular flexibility index (Phi) is 6.71. The first-order valence-electron chi connectivity index (χ1n) is 12.4. The zero-order valence-electron chi connectivity index (χ0n) is 21.6. The number of aromatic carboxylic acids is 1. The van der Waals surface area contributed by atoms with Crippen molar-refractivity contribution in [2.24, 2.45) is 5.92 Å². The molecule has 35 heavy (non-hydrogen) atoms. The van der Waals surface area contributed by atoms with E-state index in [4.69, 9.17) is 4.98 Å². The summed E-state index contributed by atoms with van der Waals surface area (Å²) in [5, 5.41) is 12.9. The first-order chi connectivity index (χ1) is 16.5. The molecule has 0 spiro atoms. The van der Waals surface area contributed by atoms with Crippen LogP contribution in [0, 0.1) is 19.8 Å². The summed E-state index contributed by atoms with van der Waals surface area (Å²) in [5.41, 5.74) is 2.13. The summed E-state index contributed by atoms with van der Waals surface area (Å²) in [6.45, 7) is 14.3. The Morgan fingerprint density at radius 2 is 1.91 bits per heavy atom. The second-order valence-electron chi connectivity index (χ2n) is 10.7. The normalized spacial score (nSPS) is 17.6. The van der Waals surface area contributed by atoms with Crippen LogP contribution >= 0.6 is 0 Å². The summed E-state index contributed by atoms with van der Waals surface area (Å²) in [6, 6.07) is 1.82. The van der Waals surface area contributed by atoms with Crippen molar-refractivity contribution in [2.75, 3.05) is 36.4 Å². The van der Waals surface area contributed by atoms with E-state index in [0.29, 0.717) is 36.6 Å². The predicted octanol–water partition coefficient (Wildman–Crippen LogP) is 3.87. The highest BCUT2D eigenvalue weighted by molar-refractivity contribution is 5.93. The lowest BCUT2D eigenvalue weighted by Gasteiger charge is -2.47. The molecule has 0 atom stereocenters. The maximum Gasteiger partial charge on any atom is 0.337 e. The highest BCUT2D eigenvalue weighted by Gasteiger charge is 2.38. The number of piperazine rings is 1. The molecule has 0 bridgehead atoms. The minimum absolute atomic E-state index is 0.126. The zero-order valence-corrected chi connectivity index (χ0v) is 21.6. The second-order valence-corrected chi connectivity index (χ2v) is 10.7. The maximum absolute atomic E-state index is 13.6. The number of carbonyl (C=O) groups is 2. The third-order valence-electron chi connectivity index (χ3n) is 6.89.